The first-order valence-corrected chi connectivity index (χ1v) is 8.75. The number of aliphatic hydroxyl groups is 1. The van der Waals surface area contributed by atoms with Gasteiger partial charge >= 0.3 is 5.97 Å². The van der Waals surface area contributed by atoms with Gasteiger partial charge in [0.2, 0.25) is 0 Å². The van der Waals surface area contributed by atoms with Gasteiger partial charge in [0.05, 0.1) is 30.8 Å². The molecular formula is C19H25Cl2FN2O4. The third-order valence-electron chi connectivity index (χ3n) is 5.15. The lowest BCUT2D eigenvalue weighted by molar-refractivity contribution is -0.144. The van der Waals surface area contributed by atoms with Gasteiger partial charge in [0.25, 0.3) is 0 Å². The second-order valence-electron chi connectivity index (χ2n) is 6.69. The Bertz CT molecular complexity index is 809. The van der Waals surface area contributed by atoms with Crippen LogP contribution in [0.2, 0.25) is 0 Å². The van der Waals surface area contributed by atoms with Gasteiger partial charge in [0, 0.05) is 17.5 Å². The Kier molecular flexibility index (Phi) is 9.36. The fourth-order valence-electron chi connectivity index (χ4n) is 3.70. The number of nitrogens with one attached hydrogen (secondary N) is 1. The Hall–Kier alpha value is -1.67. The number of ether oxygens (including phenoxy) is 1. The van der Waals surface area contributed by atoms with Gasteiger partial charge in [-0.1, -0.05) is 0 Å². The molecule has 1 aliphatic heterocycles. The van der Waals surface area contributed by atoms with Crippen LogP contribution in [0.25, 0.3) is 10.9 Å². The number of rotatable bonds is 6. The van der Waals surface area contributed by atoms with Crippen LogP contribution in [-0.4, -0.2) is 41.4 Å². The van der Waals surface area contributed by atoms with E-state index in [-0.39, 0.29) is 36.3 Å². The van der Waals surface area contributed by atoms with Crippen molar-refractivity contribution in [2.45, 2.75) is 25.4 Å². The van der Waals surface area contributed by atoms with Crippen LogP contribution in [0.15, 0.2) is 24.4 Å². The van der Waals surface area contributed by atoms with Crippen molar-refractivity contribution in [3.05, 3.63) is 35.8 Å². The molecule has 3 N–H and O–H groups in total. The van der Waals surface area contributed by atoms with Crippen LogP contribution in [-0.2, 0) is 4.79 Å². The van der Waals surface area contributed by atoms with Crippen LogP contribution in [0, 0.1) is 17.7 Å². The van der Waals surface area contributed by atoms with E-state index in [9.17, 15) is 19.4 Å². The normalized spacial score (nSPS) is 20.0. The molecule has 3 rings (SSSR count). The standard InChI is InChI=1S/C19H23FN2O4.2ClH/c1-26-12-3-4-16-13(8-12)18(15(20)10-22-16)17(23)5-2-11-6-7-21-9-14(11)19(24)25;;/h3-4,8,10-11,14,17,21,23H,2,5-7,9H2,1H3,(H,24,25);2*1H/t11?,14?,17-;;/m1../s1. The summed E-state index contributed by atoms with van der Waals surface area (Å²) in [6.07, 6.45) is 1.63. The molecule has 1 saturated heterocycles. The number of piperidine rings is 1. The van der Waals surface area contributed by atoms with Gasteiger partial charge in [-0.3, -0.25) is 9.78 Å². The Morgan fingerprint density at radius 1 is 1.43 bits per heavy atom. The Balaban J connectivity index is 0.00000196. The molecule has 28 heavy (non-hydrogen) atoms. The number of carboxylic acid groups (broad SMARTS) is 1. The minimum Gasteiger partial charge on any atom is -0.497 e. The molecule has 6 nitrogen and oxygen atoms in total. The first-order valence-electron chi connectivity index (χ1n) is 8.75. The predicted octanol–water partition coefficient (Wildman–Crippen LogP) is 3.35. The highest BCUT2D eigenvalue weighted by atomic mass is 35.5. The zero-order chi connectivity index (χ0) is 18.7. The van der Waals surface area contributed by atoms with Crippen molar-refractivity contribution in [1.82, 2.24) is 10.3 Å². The molecule has 0 amide bonds. The summed E-state index contributed by atoms with van der Waals surface area (Å²) >= 11 is 0. The molecule has 2 aromatic rings. The van der Waals surface area contributed by atoms with E-state index in [2.05, 4.69) is 10.3 Å². The predicted molar refractivity (Wildman–Crippen MR) is 109 cm³/mol. The van der Waals surface area contributed by atoms with E-state index >= 15 is 0 Å². The number of hydrogen-bond acceptors (Lipinski definition) is 5. The van der Waals surface area contributed by atoms with Crippen molar-refractivity contribution in [3.63, 3.8) is 0 Å². The van der Waals surface area contributed by atoms with Crippen LogP contribution in [0.5, 0.6) is 5.75 Å². The number of carboxylic acids is 1. The lowest BCUT2D eigenvalue weighted by Gasteiger charge is -2.30. The number of aliphatic hydroxyl groups excluding tert-OH is 1. The second kappa shape index (κ2) is 10.8. The Morgan fingerprint density at radius 2 is 2.18 bits per heavy atom. The highest BCUT2D eigenvalue weighted by Gasteiger charge is 2.31. The number of benzene rings is 1. The summed E-state index contributed by atoms with van der Waals surface area (Å²) < 4.78 is 19.6. The summed E-state index contributed by atoms with van der Waals surface area (Å²) in [6, 6.07) is 5.11. The highest BCUT2D eigenvalue weighted by molar-refractivity contribution is 5.86. The molecule has 1 aromatic heterocycles. The van der Waals surface area contributed by atoms with Crippen LogP contribution < -0.4 is 10.1 Å². The minimum atomic E-state index is -1.03. The van der Waals surface area contributed by atoms with Gasteiger partial charge in [-0.05, 0) is 49.9 Å². The summed E-state index contributed by atoms with van der Waals surface area (Å²) in [4.78, 5) is 15.5. The Labute approximate surface area is 175 Å². The largest absolute Gasteiger partial charge is 0.497 e. The van der Waals surface area contributed by atoms with Crippen molar-refractivity contribution < 1.29 is 24.1 Å². The summed E-state index contributed by atoms with van der Waals surface area (Å²) in [5.41, 5.74) is 0.765. The topological polar surface area (TPSA) is 91.7 Å². The molecule has 2 heterocycles. The van der Waals surface area contributed by atoms with E-state index in [1.54, 1.807) is 18.2 Å². The number of nitrogens with zero attached hydrogens (tertiary/aromatic N) is 1. The molecule has 9 heteroatoms. The summed E-state index contributed by atoms with van der Waals surface area (Å²) in [7, 11) is 1.52. The van der Waals surface area contributed by atoms with E-state index in [0.717, 1.165) is 19.2 Å². The number of aliphatic carboxylic acids is 1. The molecule has 0 aliphatic carbocycles. The maximum Gasteiger partial charge on any atom is 0.308 e. The smallest absolute Gasteiger partial charge is 0.308 e. The molecule has 0 bridgehead atoms. The second-order valence-corrected chi connectivity index (χ2v) is 6.69. The van der Waals surface area contributed by atoms with E-state index < -0.39 is 23.8 Å². The number of fused-ring (bicyclic) bond motifs is 1. The molecule has 1 fully saturated rings. The quantitative estimate of drug-likeness (QED) is 0.645. The minimum absolute atomic E-state index is 0. The number of hydrogen-bond donors (Lipinski definition) is 3. The molecule has 2 unspecified atom stereocenters. The summed E-state index contributed by atoms with van der Waals surface area (Å²) in [5.74, 6) is -1.35. The van der Waals surface area contributed by atoms with Gasteiger partial charge in [-0.25, -0.2) is 4.39 Å². The summed E-state index contributed by atoms with van der Waals surface area (Å²) in [5, 5.41) is 23.6. The first kappa shape index (κ1) is 24.4. The maximum atomic E-state index is 14.4. The third-order valence-corrected chi connectivity index (χ3v) is 5.15. The van der Waals surface area contributed by atoms with Gasteiger partial charge in [0.1, 0.15) is 11.6 Å². The maximum absolute atomic E-state index is 14.4. The fourth-order valence-corrected chi connectivity index (χ4v) is 3.70. The lowest BCUT2D eigenvalue weighted by atomic mass is 9.82. The van der Waals surface area contributed by atoms with Crippen molar-refractivity contribution in [3.8, 4) is 5.75 Å². The molecule has 1 aliphatic rings. The fraction of sp³-hybridized carbons (Fsp3) is 0.474. The van der Waals surface area contributed by atoms with Gasteiger partial charge < -0.3 is 20.3 Å². The zero-order valence-electron chi connectivity index (χ0n) is 15.4. The molecule has 0 radical (unpaired) electrons. The van der Waals surface area contributed by atoms with Crippen molar-refractivity contribution in [2.24, 2.45) is 11.8 Å². The average molecular weight is 435 g/mol. The van der Waals surface area contributed by atoms with E-state index in [1.807, 2.05) is 0 Å². The van der Waals surface area contributed by atoms with Crippen LogP contribution in [0.1, 0.15) is 30.9 Å². The van der Waals surface area contributed by atoms with Crippen LogP contribution in [0.4, 0.5) is 4.39 Å². The van der Waals surface area contributed by atoms with Gasteiger partial charge in [-0.15, -0.1) is 24.8 Å². The van der Waals surface area contributed by atoms with Crippen LogP contribution in [0.3, 0.4) is 0 Å². The van der Waals surface area contributed by atoms with Crippen molar-refractivity contribution in [1.29, 1.82) is 0 Å². The molecule has 156 valence electrons. The number of halogens is 3. The molecule has 3 atom stereocenters. The van der Waals surface area contributed by atoms with E-state index in [0.29, 0.717) is 36.0 Å². The van der Waals surface area contributed by atoms with Crippen molar-refractivity contribution in [2.75, 3.05) is 20.2 Å². The molecule has 1 aromatic carbocycles. The van der Waals surface area contributed by atoms with Gasteiger partial charge in [0.15, 0.2) is 0 Å². The van der Waals surface area contributed by atoms with Gasteiger partial charge in [-0.2, -0.15) is 0 Å². The zero-order valence-corrected chi connectivity index (χ0v) is 17.1. The van der Waals surface area contributed by atoms with Crippen LogP contribution >= 0.6 is 24.8 Å². The average Bonchev–Trinajstić information content (AvgIpc) is 2.65. The first-order chi connectivity index (χ1) is 12.5. The number of carbonyl (C=O) groups is 1. The molecular weight excluding hydrogens is 410 g/mol. The van der Waals surface area contributed by atoms with Crippen molar-refractivity contribution >= 4 is 41.7 Å². The third kappa shape index (κ3) is 5.23. The SMILES string of the molecule is COc1ccc2ncc(F)c([C@H](O)CCC3CCNCC3C(=O)O)c2c1.Cl.Cl. The molecule has 0 saturated carbocycles. The lowest BCUT2D eigenvalue weighted by Crippen LogP contribution is -2.40. The molecule has 0 spiro atoms. The number of aromatic nitrogens is 1. The highest BCUT2D eigenvalue weighted by Crippen LogP contribution is 2.33. The Morgan fingerprint density at radius 3 is 2.86 bits per heavy atom. The summed E-state index contributed by atoms with van der Waals surface area (Å²) in [6.45, 7) is 1.19. The van der Waals surface area contributed by atoms with E-state index in [1.165, 1.54) is 7.11 Å². The monoisotopic (exact) mass is 434 g/mol. The van der Waals surface area contributed by atoms with E-state index in [4.69, 9.17) is 4.74 Å². The number of pyridine rings is 1. The number of methoxy groups -OCH3 is 1.